The number of hydrogen-bond acceptors (Lipinski definition) is 8. The number of nitro groups is 1. The summed E-state index contributed by atoms with van der Waals surface area (Å²) in [7, 11) is -3.68. The van der Waals surface area contributed by atoms with Crippen molar-refractivity contribution in [3.8, 4) is 5.75 Å². The van der Waals surface area contributed by atoms with Gasteiger partial charge in [0.15, 0.2) is 12.2 Å². The third-order valence-electron chi connectivity index (χ3n) is 10.7. The van der Waals surface area contributed by atoms with Gasteiger partial charge in [-0.25, -0.2) is 0 Å². The number of fused-ring (bicyclic) bond motifs is 3. The van der Waals surface area contributed by atoms with Crippen LogP contribution in [0.3, 0.4) is 0 Å². The fraction of sp³-hybridized carbons (Fsp3) is 0.325. The second kappa shape index (κ2) is 14.4. The zero-order chi connectivity index (χ0) is 38.4. The normalized spacial score (nSPS) is 21.9. The Bertz CT molecular complexity index is 2110. The zero-order valence-electron chi connectivity index (χ0n) is 30.2. The molecule has 0 radical (unpaired) electrons. The lowest BCUT2D eigenvalue weighted by Crippen LogP contribution is -2.45. The van der Waals surface area contributed by atoms with Crippen molar-refractivity contribution < 1.29 is 38.0 Å². The largest absolute Gasteiger partial charge is 0.482 e. The Morgan fingerprint density at radius 2 is 1.72 bits per heavy atom. The topological polar surface area (TPSA) is 143 Å². The molecule has 0 aliphatic carbocycles. The first-order valence-corrected chi connectivity index (χ1v) is 20.8. The first-order valence-electron chi connectivity index (χ1n) is 17.9. The maximum absolute atomic E-state index is 16.5. The summed E-state index contributed by atoms with van der Waals surface area (Å²) in [5.41, 5.74) is 0.384. The van der Waals surface area contributed by atoms with Gasteiger partial charge in [0, 0.05) is 47.9 Å². The first kappa shape index (κ1) is 36.9. The van der Waals surface area contributed by atoms with Crippen LogP contribution in [0.25, 0.3) is 0 Å². The number of carbonyl (C=O) groups excluding carboxylic acids is 3. The van der Waals surface area contributed by atoms with Crippen molar-refractivity contribution in [3.63, 3.8) is 0 Å². The van der Waals surface area contributed by atoms with Gasteiger partial charge in [0.05, 0.1) is 42.0 Å². The number of non-ortho nitro benzene ring substituents is 1. The van der Waals surface area contributed by atoms with Crippen LogP contribution in [-0.2, 0) is 37.8 Å². The lowest BCUT2D eigenvalue weighted by molar-refractivity contribution is -0.385. The molecule has 3 aliphatic rings. The Hall–Kier alpha value is -5.44. The Labute approximate surface area is 313 Å². The fourth-order valence-corrected chi connectivity index (χ4v) is 10.9. The summed E-state index contributed by atoms with van der Waals surface area (Å²) in [6.45, 7) is 4.62. The molecule has 4 aromatic carbocycles. The number of aliphatic hydroxyl groups excluding tert-OH is 1. The molecule has 1 fully saturated rings. The molecule has 1 spiro atoms. The molecule has 14 heteroatoms. The molecule has 0 saturated carbocycles. The highest BCUT2D eigenvalue weighted by Gasteiger charge is 2.67. The smallest absolute Gasteiger partial charge is 0.269 e. The molecule has 280 valence electrons. The van der Waals surface area contributed by atoms with E-state index in [9.17, 15) is 29.6 Å². The van der Waals surface area contributed by atoms with Gasteiger partial charge in [0.2, 0.25) is 14.3 Å². The molecule has 0 unspecified atom stereocenters. The Kier molecular flexibility index (Phi) is 9.85. The van der Waals surface area contributed by atoms with E-state index in [0.717, 1.165) is 5.56 Å². The van der Waals surface area contributed by atoms with Crippen LogP contribution in [0.4, 0.5) is 26.9 Å². The van der Waals surface area contributed by atoms with Gasteiger partial charge in [-0.1, -0.05) is 61.5 Å². The quantitative estimate of drug-likeness (QED) is 0.0805. The maximum atomic E-state index is 16.5. The molecule has 4 atom stereocenters. The number of rotatable bonds is 11. The highest BCUT2D eigenvalue weighted by molar-refractivity contribution is 6.72. The van der Waals surface area contributed by atoms with E-state index in [4.69, 9.17) is 9.47 Å². The van der Waals surface area contributed by atoms with Crippen LogP contribution in [0.5, 0.6) is 5.75 Å². The summed E-state index contributed by atoms with van der Waals surface area (Å²) in [6, 6.07) is 27.8. The van der Waals surface area contributed by atoms with Gasteiger partial charge in [-0.3, -0.25) is 29.4 Å². The van der Waals surface area contributed by atoms with Crippen LogP contribution in [0.15, 0.2) is 97.1 Å². The van der Waals surface area contributed by atoms with Gasteiger partial charge in [0.1, 0.15) is 5.75 Å². The molecule has 0 aromatic heterocycles. The van der Waals surface area contributed by atoms with Crippen LogP contribution < -0.4 is 14.5 Å². The summed E-state index contributed by atoms with van der Waals surface area (Å²) >= 11 is 0. The highest BCUT2D eigenvalue weighted by Crippen LogP contribution is 2.60. The summed E-state index contributed by atoms with van der Waals surface area (Å²) in [4.78, 5) is 58.1. The molecule has 4 aromatic rings. The molecule has 7 rings (SSSR count). The minimum Gasteiger partial charge on any atom is -0.482 e. The van der Waals surface area contributed by atoms with Crippen LogP contribution >= 0.6 is 0 Å². The monoisotopic (exact) mass is 752 g/mol. The van der Waals surface area contributed by atoms with E-state index < -0.39 is 42.4 Å². The van der Waals surface area contributed by atoms with Crippen molar-refractivity contribution in [1.29, 1.82) is 0 Å². The average molecular weight is 753 g/mol. The summed E-state index contributed by atoms with van der Waals surface area (Å²) in [6.07, 6.45) is -1.28. The molecule has 3 amide bonds. The number of nitro benzene ring substituents is 1. The van der Waals surface area contributed by atoms with Crippen molar-refractivity contribution in [3.05, 3.63) is 124 Å². The molecule has 3 heterocycles. The number of carbonyl (C=O) groups is 3. The van der Waals surface area contributed by atoms with Crippen molar-refractivity contribution in [2.24, 2.45) is 5.92 Å². The standard InChI is InChI=1S/C40H41FN4O8Si/c1-26-38(54(2,3)41)35(22-36(47)42(18-19-46)23-27-10-5-4-6-11-27)53-40(26)31-21-30(45(50)51)16-17-32(31)43(39(40)49)24-28-12-9-13-29(20-28)44-33-14-7-8-15-34(33)52-25-37(44)48/h4-17,20-21,26,35,38,46H,18-19,22-25H2,1-3H3/t26-,35+,38-,40+/m0/s1. The van der Waals surface area contributed by atoms with Gasteiger partial charge in [-0.2, -0.15) is 0 Å². The number of amides is 3. The second-order valence-electron chi connectivity index (χ2n) is 14.5. The highest BCUT2D eigenvalue weighted by atomic mass is 28.4. The van der Waals surface area contributed by atoms with Crippen molar-refractivity contribution in [2.45, 2.75) is 56.8 Å². The van der Waals surface area contributed by atoms with Crippen LogP contribution in [0, 0.1) is 16.0 Å². The SMILES string of the molecule is C[C@H]1[C@H]([Si](C)(C)F)[C@@H](CC(=O)N(CCO)Cc2ccccc2)O[C@]12C(=O)N(Cc1cccc(N3C(=O)COc4ccccc43)c1)c1ccc([N+](=O)[O-])cc12. The summed E-state index contributed by atoms with van der Waals surface area (Å²) < 4.78 is 28.9. The number of para-hydroxylation sites is 2. The molecule has 54 heavy (non-hydrogen) atoms. The van der Waals surface area contributed by atoms with Crippen LogP contribution in [0.1, 0.15) is 30.0 Å². The van der Waals surface area contributed by atoms with Crippen LogP contribution in [-0.4, -0.2) is 66.9 Å². The second-order valence-corrected chi connectivity index (χ2v) is 18.3. The molecular weight excluding hydrogens is 712 g/mol. The van der Waals surface area contributed by atoms with Crippen molar-refractivity contribution >= 4 is 48.9 Å². The lowest BCUT2D eigenvalue weighted by Gasteiger charge is -2.31. The minimum absolute atomic E-state index is 0.0154. The summed E-state index contributed by atoms with van der Waals surface area (Å²) in [5, 5.41) is 21.9. The molecule has 3 aliphatic heterocycles. The zero-order valence-corrected chi connectivity index (χ0v) is 31.2. The maximum Gasteiger partial charge on any atom is 0.269 e. The number of nitrogens with zero attached hydrogens (tertiary/aromatic N) is 4. The number of hydrogen-bond donors (Lipinski definition) is 1. The number of aliphatic hydroxyl groups is 1. The average Bonchev–Trinajstić information content (AvgIpc) is 3.57. The molecule has 1 N–H and O–H groups in total. The summed E-state index contributed by atoms with van der Waals surface area (Å²) in [5.74, 6) is -1.39. The van der Waals surface area contributed by atoms with E-state index in [-0.39, 0.29) is 62.3 Å². The van der Waals surface area contributed by atoms with Gasteiger partial charge in [0.25, 0.3) is 17.5 Å². The third kappa shape index (κ3) is 6.54. The van der Waals surface area contributed by atoms with E-state index in [2.05, 4.69) is 0 Å². The van der Waals surface area contributed by atoms with E-state index in [0.29, 0.717) is 28.4 Å². The Morgan fingerprint density at radius 3 is 2.44 bits per heavy atom. The van der Waals surface area contributed by atoms with Gasteiger partial charge in [-0.15, -0.1) is 0 Å². The van der Waals surface area contributed by atoms with E-state index >= 15 is 4.11 Å². The lowest BCUT2D eigenvalue weighted by atomic mass is 9.82. The number of halogens is 1. The first-order chi connectivity index (χ1) is 25.8. The van der Waals surface area contributed by atoms with E-state index in [1.807, 2.05) is 48.5 Å². The fourth-order valence-electron chi connectivity index (χ4n) is 8.39. The molecular formula is C40H41FN4O8Si. The molecule has 1 saturated heterocycles. The van der Waals surface area contributed by atoms with E-state index in [1.54, 1.807) is 42.2 Å². The Morgan fingerprint density at radius 1 is 1.00 bits per heavy atom. The number of benzene rings is 4. The predicted octanol–water partition coefficient (Wildman–Crippen LogP) is 6.38. The van der Waals surface area contributed by atoms with Gasteiger partial charge < -0.3 is 28.5 Å². The number of ether oxygens (including phenoxy) is 2. The Balaban J connectivity index is 1.24. The van der Waals surface area contributed by atoms with Crippen molar-refractivity contribution in [1.82, 2.24) is 4.90 Å². The molecule has 12 nitrogen and oxygen atoms in total. The minimum atomic E-state index is -3.68. The van der Waals surface area contributed by atoms with E-state index in [1.165, 1.54) is 41.1 Å². The number of anilines is 3. The van der Waals surface area contributed by atoms with Gasteiger partial charge in [-0.05, 0) is 54.6 Å². The van der Waals surface area contributed by atoms with Gasteiger partial charge >= 0.3 is 0 Å². The molecule has 0 bridgehead atoms. The van der Waals surface area contributed by atoms with Crippen LogP contribution in [0.2, 0.25) is 18.6 Å². The predicted molar refractivity (Wildman–Crippen MR) is 201 cm³/mol. The third-order valence-corrected chi connectivity index (χ3v) is 13.1. The van der Waals surface area contributed by atoms with Crippen molar-refractivity contribution in [2.75, 3.05) is 29.6 Å².